The van der Waals surface area contributed by atoms with E-state index >= 15 is 0 Å². The molecule has 1 fully saturated rings. The van der Waals surface area contributed by atoms with Gasteiger partial charge < -0.3 is 20.5 Å². The Balaban J connectivity index is 0.00000132. The highest BCUT2D eigenvalue weighted by atomic mass is 19.1. The number of methoxy groups -OCH3 is 1. The second-order valence-corrected chi connectivity index (χ2v) is 7.75. The van der Waals surface area contributed by atoms with Gasteiger partial charge >= 0.3 is 0 Å². The molecule has 168 valence electrons. The van der Waals surface area contributed by atoms with E-state index in [0.717, 1.165) is 25.9 Å². The van der Waals surface area contributed by atoms with Gasteiger partial charge in [-0.3, -0.25) is 0 Å². The summed E-state index contributed by atoms with van der Waals surface area (Å²) in [5.41, 5.74) is 0.0991. The molecular weight excluding hydrogens is 399 g/mol. The predicted molar refractivity (Wildman–Crippen MR) is 119 cm³/mol. The van der Waals surface area contributed by atoms with Crippen LogP contribution in [0.25, 0.3) is 17.0 Å². The lowest BCUT2D eigenvalue weighted by Gasteiger charge is -2.24. The lowest BCUT2D eigenvalue weighted by molar-refractivity contribution is 0.0694. The van der Waals surface area contributed by atoms with Gasteiger partial charge in [0.15, 0.2) is 11.5 Å². The van der Waals surface area contributed by atoms with Crippen molar-refractivity contribution < 1.29 is 14.2 Å². The number of nitrogens with zero attached hydrogens (tertiary/aromatic N) is 4. The molecule has 1 atom stereocenters. The van der Waals surface area contributed by atoms with E-state index in [1.165, 1.54) is 23.9 Å². The van der Waals surface area contributed by atoms with Crippen molar-refractivity contribution in [3.8, 4) is 17.1 Å². The number of rotatable bonds is 5. The number of hydrogen-bond donors (Lipinski definition) is 3. The summed E-state index contributed by atoms with van der Waals surface area (Å²) in [4.78, 5) is 8.80. The Morgan fingerprint density at radius 1 is 1.32 bits per heavy atom. The number of anilines is 1. The molecule has 1 saturated heterocycles. The quantitative estimate of drug-likeness (QED) is 0.571. The van der Waals surface area contributed by atoms with E-state index in [1.54, 1.807) is 26.0 Å². The lowest BCUT2D eigenvalue weighted by atomic mass is 10.0. The minimum atomic E-state index is -1.25. The van der Waals surface area contributed by atoms with Crippen molar-refractivity contribution >= 4 is 11.5 Å². The third-order valence-corrected chi connectivity index (χ3v) is 4.99. The highest BCUT2D eigenvalue weighted by molar-refractivity contribution is 5.63. The van der Waals surface area contributed by atoms with Gasteiger partial charge in [-0.2, -0.15) is 5.10 Å². The molecule has 3 aromatic heterocycles. The first-order valence-electron chi connectivity index (χ1n) is 10.7. The van der Waals surface area contributed by atoms with Gasteiger partial charge in [0.05, 0.1) is 13.3 Å². The van der Waals surface area contributed by atoms with E-state index in [4.69, 9.17) is 4.74 Å². The van der Waals surface area contributed by atoms with Crippen LogP contribution in [-0.4, -0.2) is 50.9 Å². The molecule has 4 rings (SSSR count). The molecule has 0 aromatic carbocycles. The minimum absolute atomic E-state index is 0.144. The SMILES string of the molecule is CC.COc1cc2ncc(-c3nc(NC4CCCNC4)ccc3F)n2nc1C(C)(C)O. The Labute approximate surface area is 181 Å². The molecule has 8 nitrogen and oxygen atoms in total. The van der Waals surface area contributed by atoms with Crippen LogP contribution >= 0.6 is 0 Å². The third kappa shape index (κ3) is 4.94. The summed E-state index contributed by atoms with van der Waals surface area (Å²) in [7, 11) is 1.50. The van der Waals surface area contributed by atoms with Gasteiger partial charge in [-0.25, -0.2) is 18.9 Å². The number of piperidine rings is 1. The van der Waals surface area contributed by atoms with Crippen LogP contribution in [0, 0.1) is 5.82 Å². The van der Waals surface area contributed by atoms with Crippen molar-refractivity contribution in [1.29, 1.82) is 0 Å². The molecule has 3 aromatic rings. The van der Waals surface area contributed by atoms with Crippen molar-refractivity contribution in [2.24, 2.45) is 0 Å². The summed E-state index contributed by atoms with van der Waals surface area (Å²) in [6, 6.07) is 4.94. The van der Waals surface area contributed by atoms with Crippen LogP contribution < -0.4 is 15.4 Å². The van der Waals surface area contributed by atoms with Gasteiger partial charge in [0.2, 0.25) is 0 Å². The summed E-state index contributed by atoms with van der Waals surface area (Å²) < 4.78 is 21.5. The number of pyridine rings is 1. The summed E-state index contributed by atoms with van der Waals surface area (Å²) >= 11 is 0. The van der Waals surface area contributed by atoms with E-state index in [-0.39, 0.29) is 11.7 Å². The van der Waals surface area contributed by atoms with E-state index < -0.39 is 11.4 Å². The molecule has 1 unspecified atom stereocenters. The summed E-state index contributed by atoms with van der Waals surface area (Å²) in [6.45, 7) is 9.09. The van der Waals surface area contributed by atoms with Crippen molar-refractivity contribution in [2.45, 2.75) is 52.2 Å². The number of nitrogens with one attached hydrogen (secondary N) is 2. The van der Waals surface area contributed by atoms with Gasteiger partial charge in [-0.1, -0.05) is 13.8 Å². The van der Waals surface area contributed by atoms with Crippen molar-refractivity contribution in [3.05, 3.63) is 35.9 Å². The van der Waals surface area contributed by atoms with Gasteiger partial charge in [0.1, 0.15) is 34.3 Å². The molecule has 1 aliphatic rings. The fourth-order valence-electron chi connectivity index (χ4n) is 3.53. The standard InChI is InChI=1S/C20H25FN6O2.C2H6/c1-20(2,28)19-15(29-3)9-17-23-11-14(27(17)26-19)18-13(21)6-7-16(25-18)24-12-5-4-8-22-10-12;1-2/h6-7,9,11-12,22,28H,4-5,8,10H2,1-3H3,(H,24,25);1-2H3. The first-order valence-corrected chi connectivity index (χ1v) is 10.7. The summed E-state index contributed by atoms with van der Waals surface area (Å²) in [5.74, 6) is 0.540. The summed E-state index contributed by atoms with van der Waals surface area (Å²) in [6.07, 6.45) is 3.64. The molecule has 3 N–H and O–H groups in total. The van der Waals surface area contributed by atoms with E-state index in [9.17, 15) is 9.50 Å². The Morgan fingerprint density at radius 2 is 2.10 bits per heavy atom. The molecular formula is C22H31FN6O2. The molecule has 0 saturated carbocycles. The average molecular weight is 431 g/mol. The van der Waals surface area contributed by atoms with Gasteiger partial charge in [-0.15, -0.1) is 0 Å². The Bertz CT molecular complexity index is 1020. The number of aliphatic hydroxyl groups is 1. The summed E-state index contributed by atoms with van der Waals surface area (Å²) in [5, 5.41) is 21.6. The Kier molecular flexibility index (Phi) is 7.07. The van der Waals surface area contributed by atoms with Gasteiger partial charge in [0.25, 0.3) is 0 Å². The van der Waals surface area contributed by atoms with Crippen LogP contribution in [0.15, 0.2) is 24.4 Å². The third-order valence-electron chi connectivity index (χ3n) is 4.99. The maximum Gasteiger partial charge on any atom is 0.157 e. The molecule has 0 bridgehead atoms. The molecule has 4 heterocycles. The molecule has 0 aliphatic carbocycles. The second kappa shape index (κ2) is 9.57. The number of ether oxygens (including phenoxy) is 1. The zero-order chi connectivity index (χ0) is 22.6. The predicted octanol–water partition coefficient (Wildman–Crippen LogP) is 3.36. The fourth-order valence-corrected chi connectivity index (χ4v) is 3.53. The topological polar surface area (TPSA) is 96.6 Å². The van der Waals surface area contributed by atoms with Crippen LogP contribution in [0.5, 0.6) is 5.75 Å². The molecule has 0 amide bonds. The van der Waals surface area contributed by atoms with Gasteiger partial charge in [-0.05, 0) is 45.4 Å². The monoisotopic (exact) mass is 430 g/mol. The maximum absolute atomic E-state index is 14.7. The minimum Gasteiger partial charge on any atom is -0.495 e. The smallest absolute Gasteiger partial charge is 0.157 e. The maximum atomic E-state index is 14.7. The normalized spacial score (nSPS) is 16.5. The van der Waals surface area contributed by atoms with E-state index in [2.05, 4.69) is 25.7 Å². The highest BCUT2D eigenvalue weighted by Crippen LogP contribution is 2.31. The number of fused-ring (bicyclic) bond motifs is 1. The van der Waals surface area contributed by atoms with Crippen LogP contribution in [0.4, 0.5) is 10.2 Å². The molecule has 0 radical (unpaired) electrons. The number of aromatic nitrogens is 4. The van der Waals surface area contributed by atoms with Gasteiger partial charge in [0, 0.05) is 18.7 Å². The van der Waals surface area contributed by atoms with E-state index in [1.807, 2.05) is 13.8 Å². The molecule has 0 spiro atoms. The Hall–Kier alpha value is -2.78. The second-order valence-electron chi connectivity index (χ2n) is 7.75. The number of hydrogen-bond acceptors (Lipinski definition) is 7. The van der Waals surface area contributed by atoms with E-state index in [0.29, 0.717) is 28.6 Å². The largest absolute Gasteiger partial charge is 0.495 e. The molecule has 1 aliphatic heterocycles. The van der Waals surface area contributed by atoms with Crippen LogP contribution in [0.1, 0.15) is 46.2 Å². The lowest BCUT2D eigenvalue weighted by Crippen LogP contribution is -2.38. The number of imidazole rings is 1. The van der Waals surface area contributed by atoms with Crippen molar-refractivity contribution in [2.75, 3.05) is 25.5 Å². The first kappa shape index (κ1) is 22.9. The van der Waals surface area contributed by atoms with Crippen molar-refractivity contribution in [3.63, 3.8) is 0 Å². The number of halogens is 1. The zero-order valence-corrected chi connectivity index (χ0v) is 18.7. The average Bonchev–Trinajstić information content (AvgIpc) is 3.18. The fraction of sp³-hybridized carbons (Fsp3) is 0.500. The van der Waals surface area contributed by atoms with Crippen LogP contribution in [0.2, 0.25) is 0 Å². The highest BCUT2D eigenvalue weighted by Gasteiger charge is 2.26. The molecule has 9 heteroatoms. The van der Waals surface area contributed by atoms with Crippen LogP contribution in [-0.2, 0) is 5.60 Å². The van der Waals surface area contributed by atoms with Crippen molar-refractivity contribution in [1.82, 2.24) is 24.9 Å². The Morgan fingerprint density at radius 3 is 2.74 bits per heavy atom. The zero-order valence-electron chi connectivity index (χ0n) is 18.7. The first-order chi connectivity index (χ1) is 14.9. The molecule has 31 heavy (non-hydrogen) atoms. The van der Waals surface area contributed by atoms with Crippen LogP contribution in [0.3, 0.4) is 0 Å².